The minimum Gasteiger partial charge on any atom is -0.332 e. The Bertz CT molecular complexity index is 723. The number of rotatable bonds is 2. The quantitative estimate of drug-likeness (QED) is 0.557. The van der Waals surface area contributed by atoms with Gasteiger partial charge in [-0.25, -0.2) is 0 Å². The van der Waals surface area contributed by atoms with Crippen molar-refractivity contribution in [2.24, 2.45) is 0 Å². The van der Waals surface area contributed by atoms with Crippen LogP contribution in [-0.2, 0) is 0 Å². The second-order valence-electron chi connectivity index (χ2n) is 5.24. The molecule has 0 aliphatic heterocycles. The predicted octanol–water partition coefficient (Wildman–Crippen LogP) is 4.34. The van der Waals surface area contributed by atoms with Gasteiger partial charge in [0.15, 0.2) is 5.11 Å². The van der Waals surface area contributed by atoms with Crippen molar-refractivity contribution in [1.29, 1.82) is 0 Å². The molecular formula is C17H17IN2OS. The van der Waals surface area contributed by atoms with Gasteiger partial charge in [-0.15, -0.1) is 0 Å². The molecular weight excluding hydrogens is 407 g/mol. The number of halogens is 1. The zero-order valence-electron chi connectivity index (χ0n) is 12.7. The van der Waals surface area contributed by atoms with Crippen molar-refractivity contribution >= 4 is 51.5 Å². The molecule has 0 saturated heterocycles. The molecule has 5 heteroatoms. The summed E-state index contributed by atoms with van der Waals surface area (Å²) in [6.07, 6.45) is 0. The standard InChI is InChI=1S/C17H17IN2OS/c1-10-6-11(2)8-13(7-10)16(21)20-17(22)19-15-5-4-14(18)9-12(15)3/h4-9H,1-3H3,(H2,19,20,21,22). The lowest BCUT2D eigenvalue weighted by Gasteiger charge is -2.12. The van der Waals surface area contributed by atoms with Gasteiger partial charge in [0.2, 0.25) is 0 Å². The predicted molar refractivity (Wildman–Crippen MR) is 103 cm³/mol. The van der Waals surface area contributed by atoms with Crippen molar-refractivity contribution < 1.29 is 4.79 Å². The number of aryl methyl sites for hydroxylation is 3. The van der Waals surface area contributed by atoms with Crippen molar-refractivity contribution in [1.82, 2.24) is 5.32 Å². The van der Waals surface area contributed by atoms with E-state index < -0.39 is 0 Å². The molecule has 0 bridgehead atoms. The molecule has 0 aliphatic carbocycles. The van der Waals surface area contributed by atoms with Gasteiger partial charge >= 0.3 is 0 Å². The summed E-state index contributed by atoms with van der Waals surface area (Å²) in [7, 11) is 0. The molecule has 2 aromatic carbocycles. The first kappa shape index (κ1) is 16.9. The molecule has 0 saturated carbocycles. The molecule has 0 atom stereocenters. The summed E-state index contributed by atoms with van der Waals surface area (Å²) in [5, 5.41) is 6.08. The first-order valence-electron chi connectivity index (χ1n) is 6.82. The van der Waals surface area contributed by atoms with E-state index in [4.69, 9.17) is 12.2 Å². The van der Waals surface area contributed by atoms with Gasteiger partial charge in [-0.05, 0) is 91.5 Å². The Morgan fingerprint density at radius 3 is 2.27 bits per heavy atom. The van der Waals surface area contributed by atoms with Crippen LogP contribution in [-0.4, -0.2) is 11.0 Å². The van der Waals surface area contributed by atoms with E-state index in [0.717, 1.165) is 25.9 Å². The van der Waals surface area contributed by atoms with E-state index in [-0.39, 0.29) is 5.91 Å². The number of hydrogen-bond acceptors (Lipinski definition) is 2. The molecule has 0 heterocycles. The molecule has 0 spiro atoms. The van der Waals surface area contributed by atoms with Crippen LogP contribution in [0.25, 0.3) is 0 Å². The zero-order valence-corrected chi connectivity index (χ0v) is 15.6. The van der Waals surface area contributed by atoms with Crippen LogP contribution in [0, 0.1) is 24.3 Å². The molecule has 1 amide bonds. The van der Waals surface area contributed by atoms with Crippen LogP contribution in [0.1, 0.15) is 27.0 Å². The molecule has 2 rings (SSSR count). The average Bonchev–Trinajstić information content (AvgIpc) is 2.40. The summed E-state index contributed by atoms with van der Waals surface area (Å²) in [4.78, 5) is 12.2. The van der Waals surface area contributed by atoms with Crippen LogP contribution in [0.3, 0.4) is 0 Å². The SMILES string of the molecule is Cc1cc(C)cc(C(=O)NC(=S)Nc2ccc(I)cc2C)c1. The highest BCUT2D eigenvalue weighted by Gasteiger charge is 2.09. The Balaban J connectivity index is 2.06. The molecule has 2 aromatic rings. The van der Waals surface area contributed by atoms with Crippen molar-refractivity contribution in [2.45, 2.75) is 20.8 Å². The highest BCUT2D eigenvalue weighted by Crippen LogP contribution is 2.17. The van der Waals surface area contributed by atoms with Crippen LogP contribution in [0.4, 0.5) is 5.69 Å². The Morgan fingerprint density at radius 1 is 1.05 bits per heavy atom. The highest BCUT2D eigenvalue weighted by molar-refractivity contribution is 14.1. The normalized spacial score (nSPS) is 10.2. The maximum atomic E-state index is 12.2. The first-order chi connectivity index (χ1) is 10.3. The van der Waals surface area contributed by atoms with Gasteiger partial charge in [-0.1, -0.05) is 17.2 Å². The lowest BCUT2D eigenvalue weighted by atomic mass is 10.1. The van der Waals surface area contributed by atoms with Crippen LogP contribution in [0.15, 0.2) is 36.4 Å². The first-order valence-corrected chi connectivity index (χ1v) is 8.30. The second-order valence-corrected chi connectivity index (χ2v) is 6.90. The molecule has 3 nitrogen and oxygen atoms in total. The lowest BCUT2D eigenvalue weighted by Crippen LogP contribution is -2.34. The summed E-state index contributed by atoms with van der Waals surface area (Å²) in [5.74, 6) is -0.201. The van der Waals surface area contributed by atoms with Crippen molar-refractivity contribution in [3.05, 3.63) is 62.2 Å². The average molecular weight is 424 g/mol. The third-order valence-electron chi connectivity index (χ3n) is 3.15. The van der Waals surface area contributed by atoms with Crippen molar-refractivity contribution in [2.75, 3.05) is 5.32 Å². The topological polar surface area (TPSA) is 41.1 Å². The maximum Gasteiger partial charge on any atom is 0.257 e. The van der Waals surface area contributed by atoms with Crippen molar-refractivity contribution in [3.8, 4) is 0 Å². The maximum absolute atomic E-state index is 12.2. The van der Waals surface area contributed by atoms with Gasteiger partial charge in [-0.3, -0.25) is 10.1 Å². The Morgan fingerprint density at radius 2 is 1.68 bits per heavy atom. The zero-order chi connectivity index (χ0) is 16.3. The minimum atomic E-state index is -0.201. The summed E-state index contributed by atoms with van der Waals surface area (Å²) in [6, 6.07) is 11.7. The Labute approximate surface area is 149 Å². The number of carbonyl (C=O) groups is 1. The van der Waals surface area contributed by atoms with Crippen LogP contribution < -0.4 is 10.6 Å². The summed E-state index contributed by atoms with van der Waals surface area (Å²) >= 11 is 7.48. The third-order valence-corrected chi connectivity index (χ3v) is 4.02. The van der Waals surface area contributed by atoms with Gasteiger partial charge in [0.1, 0.15) is 0 Å². The Kier molecular flexibility index (Phi) is 5.52. The molecule has 0 aromatic heterocycles. The largest absolute Gasteiger partial charge is 0.332 e. The second kappa shape index (κ2) is 7.19. The summed E-state index contributed by atoms with van der Waals surface area (Å²) in [5.41, 5.74) is 4.69. The Hall–Kier alpha value is -1.47. The van der Waals surface area contributed by atoms with Gasteiger partial charge in [0.25, 0.3) is 5.91 Å². The minimum absolute atomic E-state index is 0.201. The van der Waals surface area contributed by atoms with Gasteiger partial charge in [0.05, 0.1) is 0 Å². The number of hydrogen-bond donors (Lipinski definition) is 2. The van der Waals surface area contributed by atoms with Gasteiger partial charge in [-0.2, -0.15) is 0 Å². The molecule has 0 aliphatic rings. The molecule has 2 N–H and O–H groups in total. The fourth-order valence-corrected chi connectivity index (χ4v) is 3.05. The highest BCUT2D eigenvalue weighted by atomic mass is 127. The molecule has 114 valence electrons. The number of nitrogens with one attached hydrogen (secondary N) is 2. The van der Waals surface area contributed by atoms with E-state index in [9.17, 15) is 4.79 Å². The number of amides is 1. The van der Waals surface area contributed by atoms with E-state index in [1.54, 1.807) is 0 Å². The number of thiocarbonyl (C=S) groups is 1. The molecule has 0 unspecified atom stereocenters. The van der Waals surface area contributed by atoms with E-state index >= 15 is 0 Å². The van der Waals surface area contributed by atoms with Crippen LogP contribution >= 0.6 is 34.8 Å². The van der Waals surface area contributed by atoms with Crippen LogP contribution in [0.5, 0.6) is 0 Å². The number of benzene rings is 2. The van der Waals surface area contributed by atoms with Gasteiger partial charge < -0.3 is 5.32 Å². The number of anilines is 1. The third kappa shape index (κ3) is 4.51. The molecule has 0 radical (unpaired) electrons. The van der Waals surface area contributed by atoms with E-state index in [2.05, 4.69) is 39.3 Å². The van der Waals surface area contributed by atoms with E-state index in [1.165, 1.54) is 0 Å². The van der Waals surface area contributed by atoms with Gasteiger partial charge in [0, 0.05) is 14.8 Å². The molecule has 0 fully saturated rings. The fourth-order valence-electron chi connectivity index (χ4n) is 2.20. The smallest absolute Gasteiger partial charge is 0.257 e. The van der Waals surface area contributed by atoms with Crippen LogP contribution in [0.2, 0.25) is 0 Å². The monoisotopic (exact) mass is 424 g/mol. The fraction of sp³-hybridized carbons (Fsp3) is 0.176. The number of carbonyl (C=O) groups excluding carboxylic acids is 1. The van der Waals surface area contributed by atoms with E-state index in [0.29, 0.717) is 10.7 Å². The van der Waals surface area contributed by atoms with E-state index in [1.807, 2.05) is 51.1 Å². The summed E-state index contributed by atoms with van der Waals surface area (Å²) < 4.78 is 1.16. The van der Waals surface area contributed by atoms with Crippen molar-refractivity contribution in [3.63, 3.8) is 0 Å². The molecule has 22 heavy (non-hydrogen) atoms. The lowest BCUT2D eigenvalue weighted by molar-refractivity contribution is 0.0977. The summed E-state index contributed by atoms with van der Waals surface area (Å²) in [6.45, 7) is 5.93.